The standard InChI is InChI=1S/C27H24N4O8S2/c1-39-22-15-11-21(12-16-22)29-40(35,36)23-17-13-20(14-18-23)28-27(32)19-30(25-9-5-6-10-26(25)31(33)34)41(37,38)24-7-3-2-4-8-24/h2-18,29H,19H2,1H3,(H,28,32). The fourth-order valence-electron chi connectivity index (χ4n) is 3.77. The van der Waals surface area contributed by atoms with E-state index in [-0.39, 0.29) is 21.2 Å². The van der Waals surface area contributed by atoms with Crippen molar-refractivity contribution in [2.45, 2.75) is 9.79 Å². The van der Waals surface area contributed by atoms with Crippen LogP contribution in [0, 0.1) is 10.1 Å². The predicted molar refractivity (Wildman–Crippen MR) is 153 cm³/mol. The van der Waals surface area contributed by atoms with Crippen molar-refractivity contribution in [2.75, 3.05) is 28.0 Å². The largest absolute Gasteiger partial charge is 0.497 e. The molecule has 0 aliphatic carbocycles. The zero-order valence-corrected chi connectivity index (χ0v) is 23.1. The topological polar surface area (TPSA) is 165 Å². The van der Waals surface area contributed by atoms with Crippen molar-refractivity contribution >= 4 is 48.7 Å². The van der Waals surface area contributed by atoms with Gasteiger partial charge in [-0.1, -0.05) is 30.3 Å². The van der Waals surface area contributed by atoms with Gasteiger partial charge in [-0.3, -0.25) is 19.6 Å². The Kier molecular flexibility index (Phi) is 8.54. The number of sulfonamides is 2. The van der Waals surface area contributed by atoms with Crippen molar-refractivity contribution in [3.8, 4) is 5.75 Å². The lowest BCUT2D eigenvalue weighted by Gasteiger charge is -2.23. The summed E-state index contributed by atoms with van der Waals surface area (Å²) in [6, 6.07) is 23.9. The number of nitro groups is 1. The Morgan fingerprint density at radius 2 is 1.39 bits per heavy atom. The molecule has 0 spiro atoms. The number of rotatable bonds is 11. The van der Waals surface area contributed by atoms with Gasteiger partial charge in [0.25, 0.3) is 25.7 Å². The highest BCUT2D eigenvalue weighted by Gasteiger charge is 2.32. The van der Waals surface area contributed by atoms with Crippen LogP contribution in [0.2, 0.25) is 0 Å². The number of nitrogens with one attached hydrogen (secondary N) is 2. The monoisotopic (exact) mass is 596 g/mol. The Morgan fingerprint density at radius 1 is 0.805 bits per heavy atom. The van der Waals surface area contributed by atoms with Gasteiger partial charge in [-0.05, 0) is 66.7 Å². The molecule has 1 amide bonds. The second-order valence-electron chi connectivity index (χ2n) is 8.48. The molecule has 0 saturated carbocycles. The number of amides is 1. The van der Waals surface area contributed by atoms with E-state index in [0.29, 0.717) is 15.7 Å². The van der Waals surface area contributed by atoms with Crippen LogP contribution in [-0.2, 0) is 24.8 Å². The number of hydrogen-bond acceptors (Lipinski definition) is 8. The number of nitro benzene ring substituents is 1. The van der Waals surface area contributed by atoms with E-state index in [4.69, 9.17) is 4.74 Å². The van der Waals surface area contributed by atoms with Crippen LogP contribution >= 0.6 is 0 Å². The number of benzene rings is 4. The van der Waals surface area contributed by atoms with Crippen LogP contribution < -0.4 is 19.1 Å². The summed E-state index contributed by atoms with van der Waals surface area (Å²) in [5, 5.41) is 14.2. The lowest BCUT2D eigenvalue weighted by molar-refractivity contribution is -0.384. The molecule has 0 unspecified atom stereocenters. The minimum absolute atomic E-state index is 0.0838. The van der Waals surface area contributed by atoms with Crippen LogP contribution in [0.4, 0.5) is 22.7 Å². The summed E-state index contributed by atoms with van der Waals surface area (Å²) in [5.74, 6) is -0.250. The molecule has 2 N–H and O–H groups in total. The van der Waals surface area contributed by atoms with E-state index in [1.807, 2.05) is 0 Å². The molecule has 0 heterocycles. The molecule has 0 saturated heterocycles. The SMILES string of the molecule is COc1ccc(NS(=O)(=O)c2ccc(NC(=O)CN(c3ccccc3[N+](=O)[O-])S(=O)(=O)c3ccccc3)cc2)cc1. The molecule has 0 fully saturated rings. The Bertz CT molecular complexity index is 1760. The highest BCUT2D eigenvalue weighted by Crippen LogP contribution is 2.32. The number of methoxy groups -OCH3 is 1. The van der Waals surface area contributed by atoms with Crippen LogP contribution in [0.1, 0.15) is 0 Å². The minimum Gasteiger partial charge on any atom is -0.497 e. The van der Waals surface area contributed by atoms with Crippen molar-refractivity contribution in [3.05, 3.63) is 113 Å². The first-order chi connectivity index (χ1) is 19.5. The van der Waals surface area contributed by atoms with Gasteiger partial charge in [-0.25, -0.2) is 21.1 Å². The molecule has 4 aromatic rings. The first-order valence-electron chi connectivity index (χ1n) is 11.9. The average Bonchev–Trinajstić information content (AvgIpc) is 2.97. The summed E-state index contributed by atoms with van der Waals surface area (Å²) in [5.41, 5.74) is -0.294. The Morgan fingerprint density at radius 3 is 2.00 bits per heavy atom. The van der Waals surface area contributed by atoms with Crippen LogP contribution in [0.3, 0.4) is 0 Å². The summed E-state index contributed by atoms with van der Waals surface area (Å²) in [6.07, 6.45) is 0. The molecule has 4 aromatic carbocycles. The molecule has 0 atom stereocenters. The number of nitrogens with zero attached hydrogens (tertiary/aromatic N) is 2. The van der Waals surface area contributed by atoms with Gasteiger partial charge >= 0.3 is 0 Å². The maximum Gasteiger partial charge on any atom is 0.293 e. The first kappa shape index (κ1) is 29.0. The fourth-order valence-corrected chi connectivity index (χ4v) is 6.29. The fraction of sp³-hybridized carbons (Fsp3) is 0.0741. The molecule has 0 bridgehead atoms. The summed E-state index contributed by atoms with van der Waals surface area (Å²) >= 11 is 0. The maximum absolute atomic E-state index is 13.5. The summed E-state index contributed by atoms with van der Waals surface area (Å²) in [7, 11) is -6.85. The van der Waals surface area contributed by atoms with Crippen molar-refractivity contribution in [3.63, 3.8) is 0 Å². The van der Waals surface area contributed by atoms with Crippen molar-refractivity contribution in [1.29, 1.82) is 0 Å². The van der Waals surface area contributed by atoms with E-state index in [1.165, 1.54) is 86.0 Å². The zero-order valence-electron chi connectivity index (χ0n) is 21.5. The Balaban J connectivity index is 1.55. The lowest BCUT2D eigenvalue weighted by atomic mass is 10.2. The van der Waals surface area contributed by atoms with Gasteiger partial charge in [0, 0.05) is 17.4 Å². The van der Waals surface area contributed by atoms with E-state index in [9.17, 15) is 31.7 Å². The van der Waals surface area contributed by atoms with Gasteiger partial charge in [0.05, 0.1) is 21.8 Å². The van der Waals surface area contributed by atoms with Gasteiger partial charge in [0.2, 0.25) is 5.91 Å². The van der Waals surface area contributed by atoms with Gasteiger partial charge in [0.15, 0.2) is 0 Å². The summed E-state index contributed by atoms with van der Waals surface area (Å²) in [4.78, 5) is 23.7. The normalized spacial score (nSPS) is 11.3. The molecule has 0 aliphatic heterocycles. The third-order valence-corrected chi connectivity index (χ3v) is 8.93. The van der Waals surface area contributed by atoms with Crippen LogP contribution in [0.5, 0.6) is 5.75 Å². The Hall–Kier alpha value is -4.95. The van der Waals surface area contributed by atoms with Crippen LogP contribution in [0.15, 0.2) is 113 Å². The first-order valence-corrected chi connectivity index (χ1v) is 14.8. The highest BCUT2D eigenvalue weighted by atomic mass is 32.2. The average molecular weight is 597 g/mol. The zero-order chi connectivity index (χ0) is 29.6. The van der Waals surface area contributed by atoms with E-state index in [2.05, 4.69) is 10.0 Å². The van der Waals surface area contributed by atoms with Gasteiger partial charge < -0.3 is 10.1 Å². The third-order valence-electron chi connectivity index (χ3n) is 5.76. The van der Waals surface area contributed by atoms with Gasteiger partial charge in [-0.15, -0.1) is 0 Å². The van der Waals surface area contributed by atoms with Crippen molar-refractivity contribution < 1.29 is 31.3 Å². The molecular formula is C27H24N4O8S2. The quantitative estimate of drug-likeness (QED) is 0.192. The number of ether oxygens (including phenoxy) is 1. The Labute approximate surface area is 236 Å². The minimum atomic E-state index is -4.39. The number of carbonyl (C=O) groups excluding carboxylic acids is 1. The van der Waals surface area contributed by atoms with E-state index in [1.54, 1.807) is 18.2 Å². The van der Waals surface area contributed by atoms with Gasteiger partial charge in [-0.2, -0.15) is 0 Å². The smallest absolute Gasteiger partial charge is 0.293 e. The van der Waals surface area contributed by atoms with E-state index in [0.717, 1.165) is 6.07 Å². The van der Waals surface area contributed by atoms with Gasteiger partial charge in [0.1, 0.15) is 18.0 Å². The van der Waals surface area contributed by atoms with E-state index >= 15 is 0 Å². The van der Waals surface area contributed by atoms with Crippen molar-refractivity contribution in [2.24, 2.45) is 0 Å². The maximum atomic E-state index is 13.5. The second kappa shape index (κ2) is 12.1. The van der Waals surface area contributed by atoms with Crippen molar-refractivity contribution in [1.82, 2.24) is 0 Å². The lowest BCUT2D eigenvalue weighted by Crippen LogP contribution is -2.38. The molecule has 41 heavy (non-hydrogen) atoms. The predicted octanol–water partition coefficient (Wildman–Crippen LogP) is 4.24. The van der Waals surface area contributed by atoms with Crippen LogP contribution in [0.25, 0.3) is 0 Å². The second-order valence-corrected chi connectivity index (χ2v) is 12.0. The molecule has 0 aliphatic rings. The highest BCUT2D eigenvalue weighted by molar-refractivity contribution is 7.93. The van der Waals surface area contributed by atoms with E-state index < -0.39 is 43.1 Å². The molecule has 12 nitrogen and oxygen atoms in total. The number of carbonyl (C=O) groups is 1. The molecule has 0 aromatic heterocycles. The molecular weight excluding hydrogens is 572 g/mol. The molecule has 0 radical (unpaired) electrons. The number of para-hydroxylation sites is 2. The third kappa shape index (κ3) is 6.80. The molecule has 4 rings (SSSR count). The molecule has 212 valence electrons. The van der Waals surface area contributed by atoms with Crippen LogP contribution in [-0.4, -0.2) is 41.3 Å². The molecule has 14 heteroatoms. The number of anilines is 3. The summed E-state index contributed by atoms with van der Waals surface area (Å²) < 4.78 is 60.6. The summed E-state index contributed by atoms with van der Waals surface area (Å²) in [6.45, 7) is -0.791. The number of hydrogen-bond donors (Lipinski definition) is 2.